The first-order chi connectivity index (χ1) is 41.5. The van der Waals surface area contributed by atoms with Crippen LogP contribution < -0.4 is 14.2 Å². The van der Waals surface area contributed by atoms with Gasteiger partial charge in [0.05, 0.1) is 81.9 Å². The molecule has 22 heteroatoms. The van der Waals surface area contributed by atoms with Crippen LogP contribution in [-0.2, 0) is 28.4 Å². The van der Waals surface area contributed by atoms with Crippen LogP contribution in [0.1, 0.15) is 115 Å². The quantitative estimate of drug-likeness (QED) is 0.125. The van der Waals surface area contributed by atoms with E-state index in [0.717, 1.165) is 137 Å². The molecule has 3 aromatic carbocycles. The fourth-order valence-electron chi connectivity index (χ4n) is 13.5. The average Bonchev–Trinajstić information content (AvgIpc) is 2.08. The van der Waals surface area contributed by atoms with Crippen LogP contribution in [0.5, 0.6) is 17.2 Å². The first-order valence-corrected chi connectivity index (χ1v) is 36.3. The molecule has 15 rings (SSSR count). The van der Waals surface area contributed by atoms with Crippen molar-refractivity contribution < 1.29 is 42.6 Å². The second-order valence-corrected chi connectivity index (χ2v) is 24.0. The number of halogens is 4. The van der Waals surface area contributed by atoms with E-state index in [2.05, 4.69) is 135 Å². The number of aryl methyl sites for hydroxylation is 4. The van der Waals surface area contributed by atoms with E-state index >= 15 is 0 Å². The van der Waals surface area contributed by atoms with Crippen LogP contribution in [0.3, 0.4) is 0 Å². The normalized spacial score (nSPS) is 26.4. The van der Waals surface area contributed by atoms with Gasteiger partial charge in [0.2, 0.25) is 0 Å². The largest absolute Gasteiger partial charge is 0.497 e. The summed E-state index contributed by atoms with van der Waals surface area (Å²) in [5.41, 5.74) is 10.5. The van der Waals surface area contributed by atoms with E-state index in [-0.39, 0.29) is 61.2 Å². The summed E-state index contributed by atoms with van der Waals surface area (Å²) in [5, 5.41) is 3.46. The van der Waals surface area contributed by atoms with Gasteiger partial charge in [-0.05, 0) is 137 Å². The van der Waals surface area contributed by atoms with Crippen LogP contribution in [-0.4, -0.2) is 103 Å². The minimum Gasteiger partial charge on any atom is -0.497 e. The molecule has 0 radical (unpaired) electrons. The lowest BCUT2D eigenvalue weighted by molar-refractivity contribution is -0.233. The Morgan fingerprint density at radius 1 is 0.442 bits per heavy atom. The third-order valence-corrected chi connectivity index (χ3v) is 18.7. The number of ether oxygens (including phenoxy) is 9. The van der Waals surface area contributed by atoms with Crippen molar-refractivity contribution in [2.45, 2.75) is 122 Å². The minimum atomic E-state index is -0.308. The molecule has 3 aliphatic heterocycles. The van der Waals surface area contributed by atoms with Crippen LogP contribution in [0.2, 0.25) is 0 Å². The predicted octanol–water partition coefficient (Wildman–Crippen LogP) is 14.7. The van der Waals surface area contributed by atoms with Gasteiger partial charge >= 0.3 is 0 Å². The number of hydrogen-bond acceptors (Lipinski definition) is 15. The Kier molecular flexibility index (Phi) is 20.7. The van der Waals surface area contributed by atoms with Crippen molar-refractivity contribution in [1.82, 2.24) is 43.6 Å². The molecule has 0 N–H and O–H groups in total. The molecule has 9 heterocycles. The van der Waals surface area contributed by atoms with E-state index < -0.39 is 0 Å². The number of methoxy groups -OCH3 is 3. The highest BCUT2D eigenvalue weighted by Gasteiger charge is 2.45. The van der Waals surface area contributed by atoms with E-state index in [4.69, 9.17) is 42.6 Å². The molecule has 0 bridgehead atoms. The molecular formula is C64H71I4N9O9. The SMILES string of the molecule is COc1ccc(C2OC[C@@H]3C[C@@H](n4cc(C)c5c(C)ncnc54)C[C@@H]3O2)cc1.COc1ccc(C2OC[C@@H]3C[C@@H](n4cc(I)c5c(C)ncnc54)C[C@@H]3O2)cc1.COc1ccc(C2OC[C@@H]3C[C@@H](n4ccc5c(C)ncnc54)C[C@@H]3O2)cc1.I.II. The summed E-state index contributed by atoms with van der Waals surface area (Å²) in [6.07, 6.45) is 17.3. The Bertz CT molecular complexity index is 3580. The monoisotopic (exact) mass is 1620 g/mol. The lowest BCUT2D eigenvalue weighted by Gasteiger charge is -2.32. The summed E-state index contributed by atoms with van der Waals surface area (Å²) in [6.45, 7) is 10.4. The fraction of sp³-hybridized carbons (Fsp3) is 0.438. The van der Waals surface area contributed by atoms with Crippen molar-refractivity contribution in [2.75, 3.05) is 41.2 Å². The molecule has 454 valence electrons. The van der Waals surface area contributed by atoms with Gasteiger partial charge in [-0.15, -0.1) is 24.0 Å². The second-order valence-electron chi connectivity index (χ2n) is 22.8. The van der Waals surface area contributed by atoms with Crippen molar-refractivity contribution in [3.05, 3.63) is 159 Å². The average molecular weight is 1620 g/mol. The summed E-state index contributed by atoms with van der Waals surface area (Å²) in [4.78, 5) is 26.7. The van der Waals surface area contributed by atoms with Crippen molar-refractivity contribution in [3.8, 4) is 17.2 Å². The Morgan fingerprint density at radius 3 is 1.24 bits per heavy atom. The first-order valence-electron chi connectivity index (χ1n) is 28.9. The third kappa shape index (κ3) is 13.1. The molecule has 18 nitrogen and oxygen atoms in total. The van der Waals surface area contributed by atoms with Gasteiger partial charge in [-0.2, -0.15) is 0 Å². The lowest BCUT2D eigenvalue weighted by atomic mass is 10.1. The Hall–Kier alpha value is -4.40. The maximum Gasteiger partial charge on any atom is 0.184 e. The maximum absolute atomic E-state index is 6.36. The van der Waals surface area contributed by atoms with Gasteiger partial charge in [-0.25, -0.2) is 29.9 Å². The molecule has 6 aliphatic rings. The molecule has 3 unspecified atom stereocenters. The lowest BCUT2D eigenvalue weighted by Crippen LogP contribution is -2.32. The van der Waals surface area contributed by atoms with Crippen LogP contribution in [0.4, 0.5) is 0 Å². The summed E-state index contributed by atoms with van der Waals surface area (Å²) < 4.78 is 61.0. The van der Waals surface area contributed by atoms with Crippen molar-refractivity contribution in [3.63, 3.8) is 0 Å². The molecule has 6 fully saturated rings. The maximum atomic E-state index is 6.36. The smallest absolute Gasteiger partial charge is 0.184 e. The predicted molar refractivity (Wildman–Crippen MR) is 363 cm³/mol. The minimum absolute atomic E-state index is 0. The van der Waals surface area contributed by atoms with Crippen LogP contribution >= 0.6 is 83.8 Å². The summed E-state index contributed by atoms with van der Waals surface area (Å²) in [7, 11) is 5.01. The summed E-state index contributed by atoms with van der Waals surface area (Å²) >= 11 is 6.62. The summed E-state index contributed by atoms with van der Waals surface area (Å²) in [5.74, 6) is 3.77. The second kappa shape index (κ2) is 28.2. The molecular weight excluding hydrogens is 1550 g/mol. The van der Waals surface area contributed by atoms with E-state index in [1.165, 1.54) is 14.5 Å². The fourth-order valence-corrected chi connectivity index (χ4v) is 14.4. The van der Waals surface area contributed by atoms with Gasteiger partial charge in [-0.1, -0.05) is 36.4 Å². The molecule has 3 saturated heterocycles. The van der Waals surface area contributed by atoms with E-state index in [9.17, 15) is 0 Å². The van der Waals surface area contributed by atoms with Crippen LogP contribution in [0.25, 0.3) is 33.1 Å². The zero-order valence-electron chi connectivity index (χ0n) is 49.0. The van der Waals surface area contributed by atoms with Crippen molar-refractivity contribution >= 4 is 117 Å². The molecule has 12 atom stereocenters. The Labute approximate surface area is 555 Å². The number of aromatic nitrogens is 9. The van der Waals surface area contributed by atoms with Gasteiger partial charge in [0.25, 0.3) is 0 Å². The molecule has 6 aromatic heterocycles. The summed E-state index contributed by atoms with van der Waals surface area (Å²) in [6, 6.07) is 27.0. The van der Waals surface area contributed by atoms with Crippen LogP contribution in [0, 0.1) is 49.0 Å². The standard InChI is InChI=1S/C22H25N3O3.C21H22IN3O3.C21H23N3O3.I2.HI/c1-13-10-25(21-20(13)14(2)23-12-24-21)17-8-16-11-27-22(28-19(16)9-17)15-4-6-18(26-3)7-5-15;1-12-19-17(22)9-25(20(19)24-11-23-12)15-7-14-10-27-21(28-18(14)8-15)13-3-5-16(26-2)6-4-13;1-13-18-7-8-24(20(18)23-12-22-13)16-9-15-11-26-21(27-19(15)10-16)14-3-5-17(25-2)6-4-14;1-2;/h4-7,10,12,16-17,19,22H,8-9,11H2,1-3H3;3-6,9,11,14-15,18,21H,7-8,10H2,1-2H3;3-8,12,15-16,19,21H,9-11H2,1-2H3;;1H/t16-,17+,19-,22?;14-,15+,18-,21?;15-,16+,19-,21?;;/m000../s1. The van der Waals surface area contributed by atoms with E-state index in [0.29, 0.717) is 35.9 Å². The number of nitrogens with zero attached hydrogens (tertiary/aromatic N) is 9. The zero-order chi connectivity index (χ0) is 58.9. The number of fused-ring (bicyclic) bond motifs is 6. The molecule has 9 aromatic rings. The van der Waals surface area contributed by atoms with Gasteiger partial charge < -0.3 is 56.3 Å². The first kappa shape index (κ1) is 63.2. The molecule has 0 spiro atoms. The highest BCUT2D eigenvalue weighted by Crippen LogP contribution is 2.48. The van der Waals surface area contributed by atoms with Crippen LogP contribution in [0.15, 0.2) is 116 Å². The Morgan fingerprint density at radius 2 is 0.814 bits per heavy atom. The zero-order valence-corrected chi connectivity index (χ0v) is 57.8. The number of benzene rings is 3. The Balaban J connectivity index is 0.000000131. The van der Waals surface area contributed by atoms with Gasteiger partial charge in [0.15, 0.2) is 18.9 Å². The topological polar surface area (TPSA) is 175 Å². The molecule has 0 amide bonds. The molecule has 86 heavy (non-hydrogen) atoms. The molecule has 3 aliphatic carbocycles. The highest BCUT2D eigenvalue weighted by atomic mass is 128. The third-order valence-electron chi connectivity index (χ3n) is 17.9. The van der Waals surface area contributed by atoms with Gasteiger partial charge in [0, 0.05) is 123 Å². The molecule has 3 saturated carbocycles. The van der Waals surface area contributed by atoms with Gasteiger partial charge in [0.1, 0.15) is 53.2 Å². The van der Waals surface area contributed by atoms with Crippen molar-refractivity contribution in [2.24, 2.45) is 17.8 Å². The highest BCUT2D eigenvalue weighted by molar-refractivity contribution is 15.0. The van der Waals surface area contributed by atoms with E-state index in [1.54, 1.807) is 40.3 Å². The number of hydrogen-bond donors (Lipinski definition) is 0. The van der Waals surface area contributed by atoms with Gasteiger partial charge in [-0.3, -0.25) is 0 Å². The van der Waals surface area contributed by atoms with Crippen molar-refractivity contribution in [1.29, 1.82) is 0 Å². The van der Waals surface area contributed by atoms with E-state index in [1.807, 2.05) is 93.6 Å². The number of rotatable bonds is 9.